The number of hydrogen-bond acceptors (Lipinski definition) is 4. The number of anilines is 3. The third kappa shape index (κ3) is 1.95. The first-order chi connectivity index (χ1) is 10.7. The third-order valence-corrected chi connectivity index (χ3v) is 3.84. The molecule has 2 aromatic heterocycles. The zero-order valence-corrected chi connectivity index (χ0v) is 11.7. The molecule has 7 heteroatoms. The largest absolute Gasteiger partial charge is 0.351 e. The average molecular weight is 294 g/mol. The summed E-state index contributed by atoms with van der Waals surface area (Å²) in [7, 11) is 0. The summed E-state index contributed by atoms with van der Waals surface area (Å²) in [6, 6.07) is 9.33. The van der Waals surface area contributed by atoms with Crippen LogP contribution in [-0.2, 0) is 6.42 Å². The number of carbonyl (C=O) groups excluding carboxylic acids is 1. The maximum absolute atomic E-state index is 11.5. The van der Waals surface area contributed by atoms with Crippen molar-refractivity contribution in [3.8, 4) is 0 Å². The van der Waals surface area contributed by atoms with E-state index in [0.717, 1.165) is 28.9 Å². The smallest absolute Gasteiger partial charge is 0.319 e. The number of benzene rings is 1. The minimum atomic E-state index is -0.424. The van der Waals surface area contributed by atoms with Crippen molar-refractivity contribution in [2.75, 3.05) is 16.8 Å². The monoisotopic (exact) mass is 294 g/mol. The predicted octanol–water partition coefficient (Wildman–Crippen LogP) is 1.91. The SMILES string of the molecule is NC(=O)N1CCc2ccc(Nc3ncnn4cccc34)cc21. The molecule has 3 heterocycles. The fourth-order valence-electron chi connectivity index (χ4n) is 2.78. The highest BCUT2D eigenvalue weighted by molar-refractivity contribution is 5.94. The van der Waals surface area contributed by atoms with Gasteiger partial charge in [-0.05, 0) is 36.2 Å². The Bertz CT molecular complexity index is 871. The van der Waals surface area contributed by atoms with Crippen molar-refractivity contribution in [2.45, 2.75) is 6.42 Å². The van der Waals surface area contributed by atoms with E-state index in [2.05, 4.69) is 15.4 Å². The molecule has 0 bridgehead atoms. The summed E-state index contributed by atoms with van der Waals surface area (Å²) in [5, 5.41) is 7.40. The lowest BCUT2D eigenvalue weighted by Gasteiger charge is -2.15. The van der Waals surface area contributed by atoms with Gasteiger partial charge in [0.05, 0.1) is 5.69 Å². The minimum Gasteiger partial charge on any atom is -0.351 e. The molecule has 1 aliphatic heterocycles. The van der Waals surface area contributed by atoms with Crippen molar-refractivity contribution >= 4 is 28.7 Å². The second-order valence-electron chi connectivity index (χ2n) is 5.16. The minimum absolute atomic E-state index is 0.424. The first kappa shape index (κ1) is 12.6. The number of aromatic nitrogens is 3. The van der Waals surface area contributed by atoms with E-state index in [1.54, 1.807) is 9.42 Å². The van der Waals surface area contributed by atoms with Gasteiger partial charge in [0.15, 0.2) is 5.82 Å². The maximum atomic E-state index is 11.5. The number of nitrogens with two attached hydrogens (primary N) is 1. The summed E-state index contributed by atoms with van der Waals surface area (Å²) < 4.78 is 1.75. The fraction of sp³-hybridized carbons (Fsp3) is 0.133. The van der Waals surface area contributed by atoms with Gasteiger partial charge in [-0.1, -0.05) is 6.07 Å². The number of urea groups is 1. The molecule has 0 saturated heterocycles. The standard InChI is InChI=1S/C15H14N6O/c16-15(22)20-7-5-10-3-4-11(8-13(10)20)19-14-12-2-1-6-21(12)18-9-17-14/h1-4,6,8-9H,5,7H2,(H2,16,22)(H,17,18,19). The zero-order valence-electron chi connectivity index (χ0n) is 11.7. The van der Waals surface area contributed by atoms with E-state index in [0.29, 0.717) is 12.4 Å². The quantitative estimate of drug-likeness (QED) is 0.755. The molecule has 7 nitrogen and oxygen atoms in total. The molecule has 2 amide bonds. The predicted molar refractivity (Wildman–Crippen MR) is 83.3 cm³/mol. The average Bonchev–Trinajstić information content (AvgIpc) is 3.13. The van der Waals surface area contributed by atoms with Crippen molar-refractivity contribution in [1.82, 2.24) is 14.6 Å². The van der Waals surface area contributed by atoms with Crippen molar-refractivity contribution in [3.63, 3.8) is 0 Å². The van der Waals surface area contributed by atoms with Crippen LogP contribution < -0.4 is 16.0 Å². The van der Waals surface area contributed by atoms with Gasteiger partial charge in [0, 0.05) is 18.4 Å². The molecule has 0 fully saturated rings. The molecule has 110 valence electrons. The van der Waals surface area contributed by atoms with Gasteiger partial charge in [0.25, 0.3) is 0 Å². The first-order valence-corrected chi connectivity index (χ1v) is 6.97. The van der Waals surface area contributed by atoms with E-state index in [9.17, 15) is 4.79 Å². The van der Waals surface area contributed by atoms with Gasteiger partial charge in [0.1, 0.15) is 11.8 Å². The number of nitrogens with zero attached hydrogens (tertiary/aromatic N) is 4. The lowest BCUT2D eigenvalue weighted by Crippen LogP contribution is -2.33. The van der Waals surface area contributed by atoms with E-state index >= 15 is 0 Å². The Kier molecular flexibility index (Phi) is 2.72. The molecule has 22 heavy (non-hydrogen) atoms. The number of rotatable bonds is 2. The molecule has 0 saturated carbocycles. The molecule has 4 rings (SSSR count). The number of carbonyl (C=O) groups is 1. The molecule has 1 aliphatic rings. The van der Waals surface area contributed by atoms with Crippen LogP contribution in [0.5, 0.6) is 0 Å². The van der Waals surface area contributed by atoms with Gasteiger partial charge < -0.3 is 11.1 Å². The van der Waals surface area contributed by atoms with Crippen LogP contribution in [0.25, 0.3) is 5.52 Å². The number of primary amides is 1. The highest BCUT2D eigenvalue weighted by Gasteiger charge is 2.23. The second-order valence-corrected chi connectivity index (χ2v) is 5.16. The van der Waals surface area contributed by atoms with E-state index in [4.69, 9.17) is 5.73 Å². The van der Waals surface area contributed by atoms with E-state index < -0.39 is 6.03 Å². The molecule has 0 unspecified atom stereocenters. The number of hydrogen-bond donors (Lipinski definition) is 2. The molecular formula is C15H14N6O. The maximum Gasteiger partial charge on any atom is 0.319 e. The van der Waals surface area contributed by atoms with Crippen LogP contribution in [0.3, 0.4) is 0 Å². The van der Waals surface area contributed by atoms with Crippen LogP contribution >= 0.6 is 0 Å². The lowest BCUT2D eigenvalue weighted by atomic mass is 10.1. The van der Waals surface area contributed by atoms with Gasteiger partial charge in [-0.15, -0.1) is 0 Å². The summed E-state index contributed by atoms with van der Waals surface area (Å²) in [5.74, 6) is 0.712. The summed E-state index contributed by atoms with van der Waals surface area (Å²) >= 11 is 0. The number of amides is 2. The lowest BCUT2D eigenvalue weighted by molar-refractivity contribution is 0.254. The van der Waals surface area contributed by atoms with E-state index in [1.165, 1.54) is 6.33 Å². The third-order valence-electron chi connectivity index (χ3n) is 3.84. The Hall–Kier alpha value is -3.09. The van der Waals surface area contributed by atoms with Crippen molar-refractivity contribution < 1.29 is 4.79 Å². The van der Waals surface area contributed by atoms with Crippen LogP contribution in [-0.4, -0.2) is 27.2 Å². The van der Waals surface area contributed by atoms with Crippen molar-refractivity contribution in [3.05, 3.63) is 48.4 Å². The Morgan fingerprint density at radius 3 is 3.09 bits per heavy atom. The second kappa shape index (κ2) is 4.73. The molecular weight excluding hydrogens is 280 g/mol. The molecule has 0 aliphatic carbocycles. The van der Waals surface area contributed by atoms with Crippen LogP contribution in [0.4, 0.5) is 22.0 Å². The summed E-state index contributed by atoms with van der Waals surface area (Å²) in [4.78, 5) is 17.3. The Labute approximate surface area is 126 Å². The van der Waals surface area contributed by atoms with E-state index in [1.807, 2.05) is 36.5 Å². The van der Waals surface area contributed by atoms with Gasteiger partial charge in [-0.2, -0.15) is 5.10 Å². The zero-order chi connectivity index (χ0) is 15.1. The molecule has 0 radical (unpaired) electrons. The molecule has 0 spiro atoms. The van der Waals surface area contributed by atoms with E-state index in [-0.39, 0.29) is 0 Å². The molecule has 1 aromatic carbocycles. The van der Waals surface area contributed by atoms with Crippen LogP contribution in [0.2, 0.25) is 0 Å². The Morgan fingerprint density at radius 1 is 1.32 bits per heavy atom. The Balaban J connectivity index is 1.71. The molecule has 3 aromatic rings. The van der Waals surface area contributed by atoms with Gasteiger partial charge in [-0.3, -0.25) is 4.90 Å². The van der Waals surface area contributed by atoms with Crippen LogP contribution in [0.15, 0.2) is 42.9 Å². The first-order valence-electron chi connectivity index (χ1n) is 6.97. The topological polar surface area (TPSA) is 88.5 Å². The van der Waals surface area contributed by atoms with Crippen LogP contribution in [0, 0.1) is 0 Å². The molecule has 0 atom stereocenters. The van der Waals surface area contributed by atoms with Gasteiger partial charge in [0.2, 0.25) is 0 Å². The summed E-state index contributed by atoms with van der Waals surface area (Å²) in [6.07, 6.45) is 4.19. The highest BCUT2D eigenvalue weighted by atomic mass is 16.2. The number of nitrogens with one attached hydrogen (secondary N) is 1. The van der Waals surface area contributed by atoms with Gasteiger partial charge >= 0.3 is 6.03 Å². The molecule has 3 N–H and O–H groups in total. The van der Waals surface area contributed by atoms with Crippen LogP contribution in [0.1, 0.15) is 5.56 Å². The Morgan fingerprint density at radius 2 is 2.23 bits per heavy atom. The van der Waals surface area contributed by atoms with Crippen molar-refractivity contribution in [1.29, 1.82) is 0 Å². The van der Waals surface area contributed by atoms with Gasteiger partial charge in [-0.25, -0.2) is 14.3 Å². The fourth-order valence-corrected chi connectivity index (χ4v) is 2.78. The number of fused-ring (bicyclic) bond motifs is 2. The van der Waals surface area contributed by atoms with Crippen molar-refractivity contribution in [2.24, 2.45) is 5.73 Å². The summed E-state index contributed by atoms with van der Waals surface area (Å²) in [5.41, 5.74) is 9.14. The summed E-state index contributed by atoms with van der Waals surface area (Å²) in [6.45, 7) is 0.630. The highest BCUT2D eigenvalue weighted by Crippen LogP contribution is 2.31. The normalized spacial score (nSPS) is 13.4.